The van der Waals surface area contributed by atoms with Crippen LogP contribution in [-0.4, -0.2) is 34.1 Å². The Labute approximate surface area is 140 Å². The summed E-state index contributed by atoms with van der Waals surface area (Å²) in [5.74, 6) is -36.8. The van der Waals surface area contributed by atoms with Gasteiger partial charge in [-0.2, -0.15) is 52.7 Å². The molecule has 0 aliphatic carbocycles. The molecule has 0 spiro atoms. The van der Waals surface area contributed by atoms with Crippen LogP contribution in [0.1, 0.15) is 5.56 Å². The number of nitrogen functional groups attached to an aromatic ring is 1. The number of alkyl halides is 13. The van der Waals surface area contributed by atoms with Crippen LogP contribution in [-0.2, 0) is 5.92 Å². The van der Waals surface area contributed by atoms with Gasteiger partial charge in [-0.15, -0.1) is 0 Å². The van der Waals surface area contributed by atoms with Crippen molar-refractivity contribution < 1.29 is 52.7 Å². The first-order valence-electron chi connectivity index (χ1n) is 5.93. The molecule has 0 amide bonds. The third kappa shape index (κ3) is 2.91. The van der Waals surface area contributed by atoms with E-state index in [1.165, 1.54) is 0 Å². The lowest BCUT2D eigenvalue weighted by Crippen LogP contribution is -2.69. The van der Waals surface area contributed by atoms with Gasteiger partial charge in [0.2, 0.25) is 0 Å². The lowest BCUT2D eigenvalue weighted by Gasteiger charge is -2.40. The monoisotopic (exact) mass is 428 g/mol. The third-order valence-corrected chi connectivity index (χ3v) is 3.32. The van der Waals surface area contributed by atoms with Gasteiger partial charge in [0, 0.05) is 11.8 Å². The van der Waals surface area contributed by atoms with Crippen LogP contribution < -0.4 is 5.73 Å². The van der Waals surface area contributed by atoms with Crippen molar-refractivity contribution in [1.29, 1.82) is 0 Å². The van der Waals surface area contributed by atoms with Crippen LogP contribution in [0.25, 0.3) is 0 Å². The molecule has 1 aromatic heterocycles. The standard InChI is InChI=1S/C11H5ClF12N2/c12-11(23,24)10(21,22)9(19,20)8(17,18)7(15,16)6(13,14)4-1-2-5(25)26-3-4/h1-3H,(H2,25,26). The number of hydrogen-bond donors (Lipinski definition) is 1. The molecule has 26 heavy (non-hydrogen) atoms. The molecule has 0 aliphatic heterocycles. The van der Waals surface area contributed by atoms with E-state index >= 15 is 0 Å². The normalized spacial score (nSPS) is 15.3. The molecular formula is C11H5ClF12N2. The van der Waals surface area contributed by atoms with Crippen LogP contribution in [0.5, 0.6) is 0 Å². The maximum atomic E-state index is 13.7. The first kappa shape index (κ1) is 22.4. The van der Waals surface area contributed by atoms with E-state index in [0.29, 0.717) is 6.07 Å². The third-order valence-electron chi connectivity index (χ3n) is 3.08. The SMILES string of the molecule is Nc1ccc(C(F)(F)C(F)(F)C(F)(F)C(F)(F)C(F)(F)C(F)(F)Cl)cn1. The molecule has 1 aromatic rings. The van der Waals surface area contributed by atoms with Gasteiger partial charge in [0.15, 0.2) is 0 Å². The zero-order valence-electron chi connectivity index (χ0n) is 11.7. The molecule has 0 fully saturated rings. The van der Waals surface area contributed by atoms with E-state index in [2.05, 4.69) is 16.6 Å². The van der Waals surface area contributed by atoms with Gasteiger partial charge in [-0.3, -0.25) is 0 Å². The highest BCUT2D eigenvalue weighted by Crippen LogP contribution is 2.62. The molecule has 0 saturated carbocycles. The second-order valence-corrected chi connectivity index (χ2v) is 5.32. The molecule has 0 aliphatic rings. The zero-order valence-corrected chi connectivity index (χ0v) is 12.4. The van der Waals surface area contributed by atoms with E-state index < -0.39 is 46.4 Å². The zero-order chi connectivity index (χ0) is 21.0. The van der Waals surface area contributed by atoms with Gasteiger partial charge < -0.3 is 5.73 Å². The molecule has 0 aromatic carbocycles. The van der Waals surface area contributed by atoms with Crippen LogP contribution in [0.4, 0.5) is 58.5 Å². The first-order valence-corrected chi connectivity index (χ1v) is 6.30. The summed E-state index contributed by atoms with van der Waals surface area (Å²) in [4.78, 5) is 2.83. The Bertz CT molecular complexity index is 652. The van der Waals surface area contributed by atoms with Gasteiger partial charge in [-0.05, 0) is 23.7 Å². The quantitative estimate of drug-likeness (QED) is 0.504. The van der Waals surface area contributed by atoms with Crippen molar-refractivity contribution in [2.45, 2.75) is 35.0 Å². The van der Waals surface area contributed by atoms with Gasteiger partial charge in [0.25, 0.3) is 0 Å². The van der Waals surface area contributed by atoms with E-state index in [9.17, 15) is 52.7 Å². The number of nitrogens with zero attached hydrogens (tertiary/aromatic N) is 1. The smallest absolute Gasteiger partial charge is 0.384 e. The van der Waals surface area contributed by atoms with E-state index in [-0.39, 0.29) is 12.3 Å². The van der Waals surface area contributed by atoms with Crippen molar-refractivity contribution in [3.8, 4) is 0 Å². The highest BCUT2D eigenvalue weighted by Gasteiger charge is 2.90. The van der Waals surface area contributed by atoms with E-state index in [0.717, 1.165) is 0 Å². The Morgan fingerprint density at radius 2 is 1.12 bits per heavy atom. The van der Waals surface area contributed by atoms with Gasteiger partial charge in [-0.1, -0.05) is 0 Å². The molecule has 1 heterocycles. The summed E-state index contributed by atoms with van der Waals surface area (Å²) in [6, 6.07) is 0.357. The summed E-state index contributed by atoms with van der Waals surface area (Å²) in [6.45, 7) is 0. The van der Waals surface area contributed by atoms with Crippen molar-refractivity contribution in [3.05, 3.63) is 23.9 Å². The molecule has 0 atom stereocenters. The highest BCUT2D eigenvalue weighted by molar-refractivity contribution is 6.22. The Balaban J connectivity index is 3.55. The molecule has 0 saturated heterocycles. The highest BCUT2D eigenvalue weighted by atomic mass is 35.5. The number of rotatable bonds is 6. The molecule has 0 unspecified atom stereocenters. The molecule has 15 heteroatoms. The number of halogens is 13. The van der Waals surface area contributed by atoms with Crippen molar-refractivity contribution in [3.63, 3.8) is 0 Å². The van der Waals surface area contributed by atoms with Crippen molar-refractivity contribution in [2.75, 3.05) is 5.73 Å². The van der Waals surface area contributed by atoms with Gasteiger partial charge in [-0.25, -0.2) is 4.98 Å². The molecule has 0 radical (unpaired) electrons. The van der Waals surface area contributed by atoms with Crippen LogP contribution in [0, 0.1) is 0 Å². The van der Waals surface area contributed by atoms with E-state index in [1.807, 2.05) is 0 Å². The summed E-state index contributed by atoms with van der Waals surface area (Å²) in [5.41, 5.74) is 2.81. The largest absolute Gasteiger partial charge is 0.393 e. The number of anilines is 1. The minimum atomic E-state index is -7.68. The maximum Gasteiger partial charge on any atom is 0.393 e. The molecule has 0 bridgehead atoms. The summed E-state index contributed by atoms with van der Waals surface area (Å²) in [6.07, 6.45) is -0.217. The van der Waals surface area contributed by atoms with Crippen LogP contribution >= 0.6 is 11.6 Å². The van der Waals surface area contributed by atoms with E-state index in [1.54, 1.807) is 0 Å². The predicted octanol–water partition coefficient (Wildman–Crippen LogP) is 5.13. The van der Waals surface area contributed by atoms with Crippen LogP contribution in [0.3, 0.4) is 0 Å². The summed E-state index contributed by atoms with van der Waals surface area (Å²) in [7, 11) is 0. The Hall–Kier alpha value is -1.60. The Kier molecular flexibility index (Phi) is 5.14. The average molecular weight is 429 g/mol. The van der Waals surface area contributed by atoms with Gasteiger partial charge >= 0.3 is 35.0 Å². The van der Waals surface area contributed by atoms with E-state index in [4.69, 9.17) is 5.73 Å². The van der Waals surface area contributed by atoms with Crippen molar-refractivity contribution >= 4 is 17.4 Å². The fourth-order valence-electron chi connectivity index (χ4n) is 1.54. The minimum absolute atomic E-state index is 0.0290. The molecule has 1 rings (SSSR count). The second kappa shape index (κ2) is 5.96. The van der Waals surface area contributed by atoms with Gasteiger partial charge in [0.05, 0.1) is 0 Å². The van der Waals surface area contributed by atoms with Gasteiger partial charge in [0.1, 0.15) is 5.82 Å². The van der Waals surface area contributed by atoms with Crippen LogP contribution in [0.15, 0.2) is 18.3 Å². The molecular weight excluding hydrogens is 424 g/mol. The number of nitrogens with two attached hydrogens (primary N) is 1. The van der Waals surface area contributed by atoms with Crippen LogP contribution in [0.2, 0.25) is 0 Å². The lowest BCUT2D eigenvalue weighted by molar-refractivity contribution is -0.419. The molecule has 2 N–H and O–H groups in total. The molecule has 150 valence electrons. The topological polar surface area (TPSA) is 38.9 Å². The number of aromatic nitrogens is 1. The number of pyridine rings is 1. The number of hydrogen-bond acceptors (Lipinski definition) is 2. The first-order chi connectivity index (χ1) is 11.2. The Morgan fingerprint density at radius 1 is 0.692 bits per heavy atom. The summed E-state index contributed by atoms with van der Waals surface area (Å²) in [5, 5.41) is -6.46. The lowest BCUT2D eigenvalue weighted by atomic mass is 9.91. The fourth-order valence-corrected chi connectivity index (χ4v) is 1.66. The average Bonchev–Trinajstić information content (AvgIpc) is 2.45. The van der Waals surface area contributed by atoms with Crippen molar-refractivity contribution in [2.24, 2.45) is 0 Å². The summed E-state index contributed by atoms with van der Waals surface area (Å²) >= 11 is 3.56. The summed E-state index contributed by atoms with van der Waals surface area (Å²) < 4.78 is 158. The second-order valence-electron chi connectivity index (χ2n) is 4.84. The minimum Gasteiger partial charge on any atom is -0.384 e. The fraction of sp³-hybridized carbons (Fsp3) is 0.545. The Morgan fingerprint density at radius 3 is 1.46 bits per heavy atom. The predicted molar refractivity (Wildman–Crippen MR) is 63.1 cm³/mol. The molecule has 2 nitrogen and oxygen atoms in total. The maximum absolute atomic E-state index is 13.7. The van der Waals surface area contributed by atoms with Crippen molar-refractivity contribution in [1.82, 2.24) is 4.98 Å².